The molecular weight excluding hydrogens is 238 g/mol. The Hall–Kier alpha value is -2.20. The van der Waals surface area contributed by atoms with Crippen molar-refractivity contribution in [2.75, 3.05) is 5.32 Å². The van der Waals surface area contributed by atoms with Crippen LogP contribution in [-0.2, 0) is 4.79 Å². The van der Waals surface area contributed by atoms with Gasteiger partial charge in [0.25, 0.3) is 5.91 Å². The van der Waals surface area contributed by atoms with Gasteiger partial charge in [-0.05, 0) is 24.5 Å². The third-order valence-electron chi connectivity index (χ3n) is 3.29. The second-order valence-corrected chi connectivity index (χ2v) is 4.62. The summed E-state index contributed by atoms with van der Waals surface area (Å²) in [6, 6.07) is 7.67. The summed E-state index contributed by atoms with van der Waals surface area (Å²) in [5.74, 6) is -0.269. The number of carbonyl (C=O) groups is 1. The van der Waals surface area contributed by atoms with Crippen LogP contribution in [0, 0.1) is 0 Å². The van der Waals surface area contributed by atoms with E-state index >= 15 is 0 Å². The topological polar surface area (TPSA) is 67.5 Å². The monoisotopic (exact) mass is 253 g/mol. The largest absolute Gasteiger partial charge is 0.322 e. The highest BCUT2D eigenvalue weighted by molar-refractivity contribution is 6.19. The van der Waals surface area contributed by atoms with Crippen LogP contribution in [0.4, 0.5) is 5.69 Å². The van der Waals surface area contributed by atoms with Crippen molar-refractivity contribution < 1.29 is 4.79 Å². The molecule has 0 spiro atoms. The highest BCUT2D eigenvalue weighted by atomic mass is 16.2. The van der Waals surface area contributed by atoms with Crippen LogP contribution in [0.15, 0.2) is 53.1 Å². The molecular formula is C15H15N3O. The lowest BCUT2D eigenvalue weighted by Gasteiger charge is -2.13. The predicted molar refractivity (Wildman–Crippen MR) is 76.0 cm³/mol. The Labute approximate surface area is 111 Å². The fourth-order valence-electron chi connectivity index (χ4n) is 2.33. The molecule has 1 aromatic carbocycles. The quantitative estimate of drug-likeness (QED) is 0.803. The molecule has 0 saturated carbocycles. The maximum absolute atomic E-state index is 11.8. The Kier molecular flexibility index (Phi) is 3.01. The van der Waals surface area contributed by atoms with Crippen LogP contribution in [0.1, 0.15) is 18.4 Å². The Morgan fingerprint density at radius 2 is 2.16 bits per heavy atom. The number of anilines is 1. The van der Waals surface area contributed by atoms with Crippen LogP contribution in [0.25, 0.3) is 0 Å². The molecule has 1 amide bonds. The van der Waals surface area contributed by atoms with Crippen LogP contribution in [-0.4, -0.2) is 17.8 Å². The van der Waals surface area contributed by atoms with Gasteiger partial charge in [0.1, 0.15) is 0 Å². The first-order chi connectivity index (χ1) is 9.25. The Balaban J connectivity index is 2.14. The van der Waals surface area contributed by atoms with Crippen molar-refractivity contribution in [1.29, 1.82) is 0 Å². The number of nitrogens with zero attached hydrogens (tertiary/aromatic N) is 1. The zero-order valence-corrected chi connectivity index (χ0v) is 10.5. The van der Waals surface area contributed by atoms with Crippen molar-refractivity contribution >= 4 is 17.3 Å². The molecule has 1 aromatic rings. The lowest BCUT2D eigenvalue weighted by molar-refractivity contribution is -0.117. The van der Waals surface area contributed by atoms with Gasteiger partial charge in [-0.1, -0.05) is 36.4 Å². The summed E-state index contributed by atoms with van der Waals surface area (Å²) >= 11 is 0. The summed E-state index contributed by atoms with van der Waals surface area (Å²) in [5.41, 5.74) is 9.47. The number of rotatable bonds is 1. The third kappa shape index (κ3) is 2.22. The van der Waals surface area contributed by atoms with Gasteiger partial charge in [-0.15, -0.1) is 0 Å². The van der Waals surface area contributed by atoms with E-state index in [0.29, 0.717) is 0 Å². The van der Waals surface area contributed by atoms with Gasteiger partial charge < -0.3 is 11.1 Å². The summed E-state index contributed by atoms with van der Waals surface area (Å²) < 4.78 is 0. The maximum atomic E-state index is 11.8. The molecule has 0 bridgehead atoms. The van der Waals surface area contributed by atoms with Crippen molar-refractivity contribution in [3.05, 3.63) is 53.6 Å². The number of aliphatic imine (C=N–C) groups is 1. The molecule has 1 aliphatic heterocycles. The van der Waals surface area contributed by atoms with Crippen molar-refractivity contribution in [2.45, 2.75) is 19.0 Å². The number of benzodiazepines with no additional fused rings is 1. The smallest absolute Gasteiger partial charge is 0.263 e. The fraction of sp³-hybridized carbons (Fsp3) is 0.200. The minimum Gasteiger partial charge on any atom is -0.322 e. The van der Waals surface area contributed by atoms with Crippen molar-refractivity contribution in [3.8, 4) is 0 Å². The van der Waals surface area contributed by atoms with Crippen LogP contribution >= 0.6 is 0 Å². The third-order valence-corrected chi connectivity index (χ3v) is 3.29. The predicted octanol–water partition coefficient (Wildman–Crippen LogP) is 1.99. The van der Waals surface area contributed by atoms with Gasteiger partial charge in [0.2, 0.25) is 0 Å². The molecule has 4 heteroatoms. The van der Waals surface area contributed by atoms with Crippen molar-refractivity contribution in [1.82, 2.24) is 0 Å². The number of fused-ring (bicyclic) bond motifs is 1. The number of carbonyl (C=O) groups excluding carboxylic acids is 1. The van der Waals surface area contributed by atoms with Gasteiger partial charge in [-0.2, -0.15) is 0 Å². The van der Waals surface area contributed by atoms with Gasteiger partial charge in [0.15, 0.2) is 6.17 Å². The first kappa shape index (κ1) is 11.9. The average Bonchev–Trinajstić information content (AvgIpc) is 2.58. The van der Waals surface area contributed by atoms with E-state index in [-0.39, 0.29) is 5.91 Å². The Bertz CT molecular complexity index is 614. The molecule has 0 aromatic heterocycles. The number of hydrogen-bond acceptors (Lipinski definition) is 3. The van der Waals surface area contributed by atoms with Gasteiger partial charge >= 0.3 is 0 Å². The molecule has 0 saturated heterocycles. The highest BCUT2D eigenvalue weighted by Crippen LogP contribution is 2.26. The highest BCUT2D eigenvalue weighted by Gasteiger charge is 2.23. The lowest BCUT2D eigenvalue weighted by atomic mass is 9.94. The zero-order chi connectivity index (χ0) is 13.2. The molecule has 1 atom stereocenters. The van der Waals surface area contributed by atoms with E-state index in [1.807, 2.05) is 36.4 Å². The minimum absolute atomic E-state index is 0.269. The molecule has 1 aliphatic carbocycles. The van der Waals surface area contributed by atoms with E-state index in [1.165, 1.54) is 0 Å². The average molecular weight is 253 g/mol. The van der Waals surface area contributed by atoms with E-state index < -0.39 is 6.17 Å². The van der Waals surface area contributed by atoms with E-state index in [9.17, 15) is 4.79 Å². The molecule has 4 nitrogen and oxygen atoms in total. The van der Waals surface area contributed by atoms with Gasteiger partial charge in [-0.3, -0.25) is 9.79 Å². The zero-order valence-electron chi connectivity index (χ0n) is 10.5. The van der Waals surface area contributed by atoms with Crippen LogP contribution in [0.2, 0.25) is 0 Å². The lowest BCUT2D eigenvalue weighted by Crippen LogP contribution is -2.33. The second-order valence-electron chi connectivity index (χ2n) is 4.62. The first-order valence-electron chi connectivity index (χ1n) is 6.35. The number of nitrogens with two attached hydrogens (primary N) is 1. The number of allylic oxidation sites excluding steroid dienone is 4. The summed E-state index contributed by atoms with van der Waals surface area (Å²) in [6.45, 7) is 0. The SMILES string of the molecule is NC1N=C(C2=CC=CCC2)c2ccccc2NC1=O. The van der Waals surface area contributed by atoms with Crippen molar-refractivity contribution in [2.24, 2.45) is 10.7 Å². The molecule has 19 heavy (non-hydrogen) atoms. The molecule has 2 aliphatic rings. The first-order valence-corrected chi connectivity index (χ1v) is 6.35. The second kappa shape index (κ2) is 4.82. The van der Waals surface area contributed by atoms with Crippen LogP contribution in [0.5, 0.6) is 0 Å². The van der Waals surface area contributed by atoms with Crippen LogP contribution < -0.4 is 11.1 Å². The van der Waals surface area contributed by atoms with Gasteiger partial charge in [0, 0.05) is 5.56 Å². The molecule has 3 rings (SSSR count). The number of para-hydroxylation sites is 1. The van der Waals surface area contributed by atoms with E-state index in [0.717, 1.165) is 35.4 Å². The summed E-state index contributed by atoms with van der Waals surface area (Å²) in [5, 5.41) is 2.82. The normalized spacial score (nSPS) is 21.9. The summed E-state index contributed by atoms with van der Waals surface area (Å²) in [6.07, 6.45) is 7.25. The molecule has 96 valence electrons. The molecule has 1 heterocycles. The number of nitrogens with one attached hydrogen (secondary N) is 1. The van der Waals surface area contributed by atoms with E-state index in [4.69, 9.17) is 5.73 Å². The van der Waals surface area contributed by atoms with Gasteiger partial charge in [0.05, 0.1) is 11.4 Å². The molecule has 0 radical (unpaired) electrons. The number of benzene rings is 1. The fourth-order valence-corrected chi connectivity index (χ4v) is 2.33. The van der Waals surface area contributed by atoms with Crippen molar-refractivity contribution in [3.63, 3.8) is 0 Å². The minimum atomic E-state index is -0.853. The number of amides is 1. The van der Waals surface area contributed by atoms with Crippen LogP contribution in [0.3, 0.4) is 0 Å². The molecule has 0 fully saturated rings. The molecule has 3 N–H and O–H groups in total. The number of hydrogen-bond donors (Lipinski definition) is 2. The van der Waals surface area contributed by atoms with Gasteiger partial charge in [-0.25, -0.2) is 0 Å². The maximum Gasteiger partial charge on any atom is 0.263 e. The van der Waals surface area contributed by atoms with E-state index in [2.05, 4.69) is 16.4 Å². The molecule has 1 unspecified atom stereocenters. The summed E-state index contributed by atoms with van der Waals surface area (Å²) in [4.78, 5) is 16.2. The van der Waals surface area contributed by atoms with E-state index in [1.54, 1.807) is 0 Å². The Morgan fingerprint density at radius 3 is 2.95 bits per heavy atom. The standard InChI is InChI=1S/C15H15N3O/c16-14-15(19)17-12-9-5-4-8-11(12)13(18-14)10-6-2-1-3-7-10/h1-2,4-6,8-9,14H,3,7,16H2,(H,17,19). The Morgan fingerprint density at radius 1 is 1.32 bits per heavy atom. The summed E-state index contributed by atoms with van der Waals surface area (Å²) in [7, 11) is 0.